The lowest BCUT2D eigenvalue weighted by atomic mass is 10.1. The first-order valence-electron chi connectivity index (χ1n) is 5.39. The van der Waals surface area contributed by atoms with Crippen LogP contribution in [0.1, 0.15) is 22.8 Å². The highest BCUT2D eigenvalue weighted by Crippen LogP contribution is 2.17. The Kier molecular flexibility index (Phi) is 4.31. The summed E-state index contributed by atoms with van der Waals surface area (Å²) < 4.78 is 0. The van der Waals surface area contributed by atoms with Crippen molar-refractivity contribution in [3.8, 4) is 5.75 Å². The number of amides is 1. The van der Waals surface area contributed by atoms with Crippen LogP contribution < -0.4 is 5.73 Å². The zero-order valence-electron chi connectivity index (χ0n) is 9.73. The van der Waals surface area contributed by atoms with Gasteiger partial charge in [-0.3, -0.25) is 4.79 Å². The topological polar surface area (TPSA) is 66.6 Å². The van der Waals surface area contributed by atoms with Crippen molar-refractivity contribution < 1.29 is 9.90 Å². The zero-order valence-corrected chi connectivity index (χ0v) is 9.73. The molecule has 1 aromatic carbocycles. The smallest absolute Gasteiger partial charge is 0.253 e. The Labute approximate surface area is 95.7 Å². The van der Waals surface area contributed by atoms with Gasteiger partial charge in [0.25, 0.3) is 5.91 Å². The molecule has 0 aliphatic heterocycles. The normalized spacial score (nSPS) is 10.2. The molecule has 1 aromatic rings. The molecular weight excluding hydrogens is 204 g/mol. The number of nitrogens with zero attached hydrogens (tertiary/aromatic N) is 1. The molecule has 0 saturated carbocycles. The molecule has 0 aliphatic carbocycles. The van der Waals surface area contributed by atoms with E-state index in [-0.39, 0.29) is 11.7 Å². The van der Waals surface area contributed by atoms with Gasteiger partial charge < -0.3 is 15.7 Å². The van der Waals surface area contributed by atoms with Crippen molar-refractivity contribution >= 4 is 5.91 Å². The standard InChI is InChI=1S/C12H18N2O2/c1-3-14(7-6-13)12(16)10-4-5-11(15)9(2)8-10/h4-5,8,15H,3,6-7,13H2,1-2H3. The second-order valence-corrected chi connectivity index (χ2v) is 3.67. The van der Waals surface area contributed by atoms with Crippen LogP contribution in [0.15, 0.2) is 18.2 Å². The molecule has 4 nitrogen and oxygen atoms in total. The minimum absolute atomic E-state index is 0.0453. The maximum atomic E-state index is 12.0. The molecule has 0 spiro atoms. The molecule has 16 heavy (non-hydrogen) atoms. The third-order valence-electron chi connectivity index (χ3n) is 2.51. The molecule has 0 heterocycles. The van der Waals surface area contributed by atoms with Crippen molar-refractivity contribution in [3.63, 3.8) is 0 Å². The van der Waals surface area contributed by atoms with E-state index in [1.165, 1.54) is 0 Å². The van der Waals surface area contributed by atoms with Crippen molar-refractivity contribution in [2.24, 2.45) is 5.73 Å². The molecule has 1 amide bonds. The number of aromatic hydroxyl groups is 1. The number of likely N-dealkylation sites (N-methyl/N-ethyl adjacent to an activating group) is 1. The van der Waals surface area contributed by atoms with Gasteiger partial charge in [0.2, 0.25) is 0 Å². The fourth-order valence-electron chi connectivity index (χ4n) is 1.53. The molecule has 0 bridgehead atoms. The first-order chi connectivity index (χ1) is 7.60. The average Bonchev–Trinajstić information content (AvgIpc) is 2.28. The predicted molar refractivity (Wildman–Crippen MR) is 63.5 cm³/mol. The summed E-state index contributed by atoms with van der Waals surface area (Å²) in [6, 6.07) is 4.86. The Hall–Kier alpha value is -1.55. The molecule has 0 fully saturated rings. The van der Waals surface area contributed by atoms with E-state index in [0.717, 1.165) is 0 Å². The van der Waals surface area contributed by atoms with E-state index >= 15 is 0 Å². The van der Waals surface area contributed by atoms with Crippen molar-refractivity contribution in [1.29, 1.82) is 0 Å². The minimum atomic E-state index is -0.0453. The van der Waals surface area contributed by atoms with Crippen LogP contribution in [-0.2, 0) is 0 Å². The Bertz CT molecular complexity index is 377. The number of benzene rings is 1. The summed E-state index contributed by atoms with van der Waals surface area (Å²) in [5.41, 5.74) is 6.73. The van der Waals surface area contributed by atoms with Gasteiger partial charge >= 0.3 is 0 Å². The predicted octanol–water partition coefficient (Wildman–Crippen LogP) is 1.12. The van der Waals surface area contributed by atoms with Gasteiger partial charge in [0.05, 0.1) is 0 Å². The number of carbonyl (C=O) groups is 1. The largest absolute Gasteiger partial charge is 0.508 e. The minimum Gasteiger partial charge on any atom is -0.508 e. The summed E-state index contributed by atoms with van der Waals surface area (Å²) in [4.78, 5) is 13.7. The summed E-state index contributed by atoms with van der Waals surface area (Å²) in [5.74, 6) is 0.162. The van der Waals surface area contributed by atoms with Crippen LogP contribution in [0.25, 0.3) is 0 Å². The number of carbonyl (C=O) groups excluding carboxylic acids is 1. The first kappa shape index (κ1) is 12.5. The molecule has 1 rings (SSSR count). The highest BCUT2D eigenvalue weighted by atomic mass is 16.3. The van der Waals surface area contributed by atoms with Crippen molar-refractivity contribution in [2.75, 3.05) is 19.6 Å². The van der Waals surface area contributed by atoms with E-state index in [1.807, 2.05) is 6.92 Å². The Balaban J connectivity index is 2.90. The maximum absolute atomic E-state index is 12.0. The zero-order chi connectivity index (χ0) is 12.1. The number of aryl methyl sites for hydroxylation is 1. The van der Waals surface area contributed by atoms with Crippen molar-refractivity contribution in [2.45, 2.75) is 13.8 Å². The molecule has 3 N–H and O–H groups in total. The fourth-order valence-corrected chi connectivity index (χ4v) is 1.53. The van der Waals surface area contributed by atoms with Gasteiger partial charge in [-0.25, -0.2) is 0 Å². The van der Waals surface area contributed by atoms with Crippen LogP contribution in [0.3, 0.4) is 0 Å². The summed E-state index contributed by atoms with van der Waals surface area (Å²) in [7, 11) is 0. The lowest BCUT2D eigenvalue weighted by Crippen LogP contribution is -2.35. The third-order valence-corrected chi connectivity index (χ3v) is 2.51. The molecule has 0 atom stereocenters. The lowest BCUT2D eigenvalue weighted by Gasteiger charge is -2.20. The molecule has 4 heteroatoms. The number of phenols is 1. The van der Waals surface area contributed by atoms with E-state index < -0.39 is 0 Å². The number of rotatable bonds is 4. The van der Waals surface area contributed by atoms with Crippen molar-refractivity contribution in [3.05, 3.63) is 29.3 Å². The number of hydrogen-bond acceptors (Lipinski definition) is 3. The van der Waals surface area contributed by atoms with Gasteiger partial charge in [-0.2, -0.15) is 0 Å². The molecule has 88 valence electrons. The Morgan fingerprint density at radius 2 is 2.19 bits per heavy atom. The first-order valence-corrected chi connectivity index (χ1v) is 5.39. The van der Waals surface area contributed by atoms with Crippen LogP contribution in [0.5, 0.6) is 5.75 Å². The molecule has 0 unspecified atom stereocenters. The number of hydrogen-bond donors (Lipinski definition) is 2. The average molecular weight is 222 g/mol. The highest BCUT2D eigenvalue weighted by Gasteiger charge is 2.13. The van der Waals surface area contributed by atoms with E-state index in [4.69, 9.17) is 5.73 Å². The SMILES string of the molecule is CCN(CCN)C(=O)c1ccc(O)c(C)c1. The quantitative estimate of drug-likeness (QED) is 0.802. The fraction of sp³-hybridized carbons (Fsp3) is 0.417. The maximum Gasteiger partial charge on any atom is 0.253 e. The summed E-state index contributed by atoms with van der Waals surface area (Å²) in [6.45, 7) is 5.33. The highest BCUT2D eigenvalue weighted by molar-refractivity contribution is 5.94. The third kappa shape index (κ3) is 2.73. The van der Waals surface area contributed by atoms with Gasteiger partial charge in [-0.1, -0.05) is 0 Å². The monoisotopic (exact) mass is 222 g/mol. The van der Waals surface area contributed by atoms with Gasteiger partial charge in [-0.15, -0.1) is 0 Å². The molecule has 0 radical (unpaired) electrons. The molecular formula is C12H18N2O2. The van der Waals surface area contributed by atoms with Crippen LogP contribution in [-0.4, -0.2) is 35.5 Å². The van der Waals surface area contributed by atoms with Crippen LogP contribution in [0, 0.1) is 6.92 Å². The summed E-state index contributed by atoms with van der Waals surface area (Å²) >= 11 is 0. The Morgan fingerprint density at radius 3 is 2.69 bits per heavy atom. The molecule has 0 aromatic heterocycles. The summed E-state index contributed by atoms with van der Waals surface area (Å²) in [6.07, 6.45) is 0. The second-order valence-electron chi connectivity index (χ2n) is 3.67. The van der Waals surface area contributed by atoms with Gasteiger partial charge in [0.1, 0.15) is 5.75 Å². The van der Waals surface area contributed by atoms with E-state index in [1.54, 1.807) is 30.0 Å². The van der Waals surface area contributed by atoms with Crippen molar-refractivity contribution in [1.82, 2.24) is 4.90 Å². The number of phenolic OH excluding ortho intramolecular Hbond substituents is 1. The van der Waals surface area contributed by atoms with Crippen LogP contribution in [0.2, 0.25) is 0 Å². The van der Waals surface area contributed by atoms with Gasteiger partial charge in [-0.05, 0) is 37.6 Å². The van der Waals surface area contributed by atoms with E-state index in [9.17, 15) is 9.90 Å². The van der Waals surface area contributed by atoms with Gasteiger partial charge in [0, 0.05) is 25.2 Å². The lowest BCUT2D eigenvalue weighted by molar-refractivity contribution is 0.0769. The number of nitrogens with two attached hydrogens (primary N) is 1. The van der Waals surface area contributed by atoms with E-state index in [0.29, 0.717) is 30.8 Å². The molecule has 0 aliphatic rings. The Morgan fingerprint density at radius 1 is 1.50 bits per heavy atom. The van der Waals surface area contributed by atoms with Crippen LogP contribution >= 0.6 is 0 Å². The van der Waals surface area contributed by atoms with Crippen LogP contribution in [0.4, 0.5) is 0 Å². The molecule has 0 saturated heterocycles. The second kappa shape index (κ2) is 5.51. The van der Waals surface area contributed by atoms with E-state index in [2.05, 4.69) is 0 Å². The summed E-state index contributed by atoms with van der Waals surface area (Å²) in [5, 5.41) is 9.38. The van der Waals surface area contributed by atoms with Gasteiger partial charge in [0.15, 0.2) is 0 Å².